The van der Waals surface area contributed by atoms with E-state index in [0.717, 1.165) is 15.5 Å². The molecule has 1 aromatic carbocycles. The van der Waals surface area contributed by atoms with E-state index in [9.17, 15) is 0 Å². The highest BCUT2D eigenvalue weighted by Gasteiger charge is 2.03. The maximum Gasteiger partial charge on any atom is 0.107 e. The van der Waals surface area contributed by atoms with Crippen LogP contribution in [0.25, 0.3) is 11.0 Å². The number of para-hydroxylation sites is 1. The molecule has 0 bridgehead atoms. The van der Waals surface area contributed by atoms with Gasteiger partial charge in [0.15, 0.2) is 0 Å². The molecular weight excluding hydrogens is 351 g/mol. The minimum Gasteiger partial charge on any atom is -0.263 e. The lowest BCUT2D eigenvalue weighted by molar-refractivity contribution is 1.28. The molecule has 1 heterocycles. The molecule has 0 fully saturated rings. The summed E-state index contributed by atoms with van der Waals surface area (Å²) in [4.78, 5) is 4.28. The monoisotopic (exact) mass is 354 g/mol. The molecule has 0 spiro atoms. The van der Waals surface area contributed by atoms with Gasteiger partial charge in [-0.25, -0.2) is 4.98 Å². The van der Waals surface area contributed by atoms with Crippen molar-refractivity contribution in [3.8, 4) is 0 Å². The number of aromatic nitrogens is 2. The molecule has 2 nitrogen and oxygen atoms in total. The Morgan fingerprint density at radius 2 is 2.33 bits per heavy atom. The van der Waals surface area contributed by atoms with E-state index >= 15 is 0 Å². The van der Waals surface area contributed by atoms with Crippen molar-refractivity contribution in [1.82, 2.24) is 8.96 Å². The maximum atomic E-state index is 4.28. The molecule has 0 saturated heterocycles. The van der Waals surface area contributed by atoms with Crippen LogP contribution in [0, 0.1) is 0 Å². The Bertz CT molecular complexity index is 415. The average Bonchev–Trinajstić information content (AvgIpc) is 2.49. The second-order valence-electron chi connectivity index (χ2n) is 2.25. The Balaban J connectivity index is 2.80. The third kappa shape index (κ3) is 1.38. The SMILES string of the molecule is Brc1cccc2c1ncn2SI. The van der Waals surface area contributed by atoms with E-state index in [-0.39, 0.29) is 0 Å². The van der Waals surface area contributed by atoms with Crippen LogP contribution < -0.4 is 0 Å². The zero-order valence-corrected chi connectivity index (χ0v) is 10.4. The minimum atomic E-state index is 1.02. The normalized spacial score (nSPS) is 10.8. The largest absolute Gasteiger partial charge is 0.263 e. The van der Waals surface area contributed by atoms with Crippen molar-refractivity contribution in [3.05, 3.63) is 29.0 Å². The summed E-state index contributed by atoms with van der Waals surface area (Å²) in [5.41, 5.74) is 2.16. The van der Waals surface area contributed by atoms with Crippen molar-refractivity contribution >= 4 is 57.3 Å². The molecule has 62 valence electrons. The summed E-state index contributed by atoms with van der Waals surface area (Å²) in [6.45, 7) is 0. The summed E-state index contributed by atoms with van der Waals surface area (Å²) in [5.74, 6) is 0. The van der Waals surface area contributed by atoms with Gasteiger partial charge in [-0.05, 0) is 28.1 Å². The van der Waals surface area contributed by atoms with Gasteiger partial charge in [0.25, 0.3) is 0 Å². The van der Waals surface area contributed by atoms with E-state index in [2.05, 4.69) is 48.2 Å². The number of fused-ring (bicyclic) bond motifs is 1. The lowest BCUT2D eigenvalue weighted by Gasteiger charge is -1.95. The van der Waals surface area contributed by atoms with Crippen LogP contribution in [0.15, 0.2) is 29.0 Å². The second-order valence-corrected chi connectivity index (χ2v) is 4.81. The standard InChI is InChI=1S/C7H4BrIN2S/c8-5-2-1-3-6-7(5)10-4-11(6)12-9/h1-4H. The Morgan fingerprint density at radius 3 is 3.08 bits per heavy atom. The van der Waals surface area contributed by atoms with Crippen LogP contribution in [0.4, 0.5) is 0 Å². The molecule has 1 aromatic heterocycles. The third-order valence-electron chi connectivity index (χ3n) is 1.57. The molecule has 5 heteroatoms. The Hall–Kier alpha value is 0.250. The number of benzene rings is 1. The number of imidazole rings is 1. The van der Waals surface area contributed by atoms with Gasteiger partial charge in [-0.3, -0.25) is 3.97 Å². The predicted molar refractivity (Wildman–Crippen MR) is 64.4 cm³/mol. The smallest absolute Gasteiger partial charge is 0.107 e. The zero-order valence-electron chi connectivity index (χ0n) is 5.87. The van der Waals surface area contributed by atoms with Gasteiger partial charge in [0.1, 0.15) is 11.8 Å². The molecule has 0 atom stereocenters. The van der Waals surface area contributed by atoms with Gasteiger partial charge < -0.3 is 0 Å². The predicted octanol–water partition coefficient (Wildman–Crippen LogP) is 3.65. The van der Waals surface area contributed by atoms with Crippen LogP contribution in [0.5, 0.6) is 0 Å². The molecule has 0 saturated carbocycles. The van der Waals surface area contributed by atoms with Crippen molar-refractivity contribution in [2.24, 2.45) is 0 Å². The molecule has 2 rings (SSSR count). The van der Waals surface area contributed by atoms with Crippen molar-refractivity contribution in [2.75, 3.05) is 0 Å². The van der Waals surface area contributed by atoms with Crippen LogP contribution in [0.2, 0.25) is 0 Å². The Morgan fingerprint density at radius 1 is 1.50 bits per heavy atom. The van der Waals surface area contributed by atoms with Gasteiger partial charge >= 0.3 is 0 Å². The van der Waals surface area contributed by atoms with Crippen LogP contribution in [0.1, 0.15) is 0 Å². The van der Waals surface area contributed by atoms with Crippen molar-refractivity contribution < 1.29 is 0 Å². The summed E-state index contributed by atoms with van der Waals surface area (Å²) in [6.07, 6.45) is 1.83. The van der Waals surface area contributed by atoms with E-state index in [1.54, 1.807) is 9.12 Å². The molecule has 0 aliphatic carbocycles. The van der Waals surface area contributed by atoms with Crippen LogP contribution in [-0.4, -0.2) is 8.96 Å². The van der Waals surface area contributed by atoms with Crippen LogP contribution in [-0.2, 0) is 0 Å². The number of hydrogen-bond donors (Lipinski definition) is 0. The van der Waals surface area contributed by atoms with Crippen LogP contribution in [0.3, 0.4) is 0 Å². The fourth-order valence-corrected chi connectivity index (χ4v) is 2.74. The zero-order chi connectivity index (χ0) is 8.55. The van der Waals surface area contributed by atoms with Crippen molar-refractivity contribution in [1.29, 1.82) is 0 Å². The van der Waals surface area contributed by atoms with Crippen LogP contribution >= 0.6 is 46.3 Å². The van der Waals surface area contributed by atoms with E-state index in [4.69, 9.17) is 0 Å². The number of hydrogen-bond acceptors (Lipinski definition) is 2. The molecule has 0 amide bonds. The summed E-state index contributed by atoms with van der Waals surface area (Å²) in [6, 6.07) is 6.06. The highest BCUT2D eigenvalue weighted by molar-refractivity contribution is 14.2. The summed E-state index contributed by atoms with van der Waals surface area (Å²) < 4.78 is 3.07. The lowest BCUT2D eigenvalue weighted by Crippen LogP contribution is -1.77. The van der Waals surface area contributed by atoms with Gasteiger partial charge in [0.2, 0.25) is 0 Å². The van der Waals surface area contributed by atoms with E-state index < -0.39 is 0 Å². The second kappa shape index (κ2) is 3.55. The van der Waals surface area contributed by atoms with Crippen molar-refractivity contribution in [3.63, 3.8) is 0 Å². The number of halogens is 2. The number of rotatable bonds is 1. The summed E-state index contributed by atoms with van der Waals surface area (Å²) in [5, 5.41) is 0. The van der Waals surface area contributed by atoms with E-state index in [0.29, 0.717) is 0 Å². The Labute approximate surface area is 94.6 Å². The molecule has 0 unspecified atom stereocenters. The van der Waals surface area contributed by atoms with Gasteiger partial charge in [0, 0.05) is 34.8 Å². The lowest BCUT2D eigenvalue weighted by atomic mass is 10.3. The molecule has 0 radical (unpaired) electrons. The molecule has 0 N–H and O–H groups in total. The maximum absolute atomic E-state index is 4.28. The summed E-state index contributed by atoms with van der Waals surface area (Å²) >= 11 is 5.69. The van der Waals surface area contributed by atoms with E-state index in [1.807, 2.05) is 22.4 Å². The first-order valence-electron chi connectivity index (χ1n) is 3.23. The highest BCUT2D eigenvalue weighted by Crippen LogP contribution is 2.27. The van der Waals surface area contributed by atoms with E-state index in [1.165, 1.54) is 0 Å². The molecular formula is C7H4BrIN2S. The first-order valence-corrected chi connectivity index (χ1v) is 7.34. The van der Waals surface area contributed by atoms with Gasteiger partial charge in [-0.15, -0.1) is 0 Å². The number of nitrogens with zero attached hydrogens (tertiary/aromatic N) is 2. The van der Waals surface area contributed by atoms with Gasteiger partial charge in [-0.2, -0.15) is 0 Å². The molecule has 0 aliphatic rings. The molecule has 0 aliphatic heterocycles. The average molecular weight is 355 g/mol. The quantitative estimate of drug-likeness (QED) is 0.727. The molecule has 12 heavy (non-hydrogen) atoms. The van der Waals surface area contributed by atoms with Gasteiger partial charge in [0.05, 0.1) is 5.52 Å². The first-order chi connectivity index (χ1) is 5.83. The van der Waals surface area contributed by atoms with Crippen molar-refractivity contribution in [2.45, 2.75) is 0 Å². The third-order valence-corrected chi connectivity index (χ3v) is 3.92. The molecule has 2 aromatic rings. The topological polar surface area (TPSA) is 17.8 Å². The highest BCUT2D eigenvalue weighted by atomic mass is 127. The summed E-state index contributed by atoms with van der Waals surface area (Å²) in [7, 11) is 1.62. The fourth-order valence-electron chi connectivity index (χ4n) is 1.04. The Kier molecular flexibility index (Phi) is 2.61. The first kappa shape index (κ1) is 8.83. The minimum absolute atomic E-state index is 1.02. The van der Waals surface area contributed by atoms with Gasteiger partial charge in [-0.1, -0.05) is 6.07 Å². The fraction of sp³-hybridized carbons (Fsp3) is 0.